The van der Waals surface area contributed by atoms with Crippen LogP contribution in [0.5, 0.6) is 0 Å². The van der Waals surface area contributed by atoms with Crippen molar-refractivity contribution in [1.82, 2.24) is 10.2 Å². The predicted octanol–water partition coefficient (Wildman–Crippen LogP) is 1.34. The predicted molar refractivity (Wildman–Crippen MR) is 88.5 cm³/mol. The quantitative estimate of drug-likeness (QED) is 0.832. The fraction of sp³-hybridized carbons (Fsp3) is 0.556. The SMILES string of the molecule is Cc1ccc(CN2C(=O)CCC2C(=O)NCC(N)C2CC2)cc1. The van der Waals surface area contributed by atoms with Gasteiger partial charge in [-0.3, -0.25) is 9.59 Å². The van der Waals surface area contributed by atoms with Crippen LogP contribution < -0.4 is 11.1 Å². The average Bonchev–Trinajstić information content (AvgIpc) is 3.33. The van der Waals surface area contributed by atoms with E-state index in [9.17, 15) is 9.59 Å². The minimum Gasteiger partial charge on any atom is -0.353 e. The highest BCUT2D eigenvalue weighted by Gasteiger charge is 2.36. The largest absolute Gasteiger partial charge is 0.353 e. The summed E-state index contributed by atoms with van der Waals surface area (Å²) in [4.78, 5) is 26.3. The zero-order valence-corrected chi connectivity index (χ0v) is 13.6. The van der Waals surface area contributed by atoms with Gasteiger partial charge in [0, 0.05) is 25.6 Å². The van der Waals surface area contributed by atoms with Gasteiger partial charge < -0.3 is 16.0 Å². The van der Waals surface area contributed by atoms with E-state index in [0.717, 1.165) is 5.56 Å². The molecule has 1 aliphatic heterocycles. The standard InChI is InChI=1S/C18H25N3O2/c1-12-2-4-13(5-3-12)11-21-16(8-9-17(21)22)18(23)20-10-15(19)14-6-7-14/h2-5,14-16H,6-11,19H2,1H3,(H,20,23). The number of hydrogen-bond donors (Lipinski definition) is 2. The van der Waals surface area contributed by atoms with E-state index in [0.29, 0.717) is 31.8 Å². The summed E-state index contributed by atoms with van der Waals surface area (Å²) < 4.78 is 0. The maximum atomic E-state index is 12.4. The van der Waals surface area contributed by atoms with Crippen LogP contribution in [0.2, 0.25) is 0 Å². The molecule has 2 fully saturated rings. The maximum absolute atomic E-state index is 12.4. The van der Waals surface area contributed by atoms with Crippen molar-refractivity contribution >= 4 is 11.8 Å². The highest BCUT2D eigenvalue weighted by molar-refractivity contribution is 5.90. The van der Waals surface area contributed by atoms with Gasteiger partial charge in [0.25, 0.3) is 0 Å². The van der Waals surface area contributed by atoms with Crippen molar-refractivity contribution < 1.29 is 9.59 Å². The van der Waals surface area contributed by atoms with E-state index in [-0.39, 0.29) is 23.9 Å². The Morgan fingerprint density at radius 2 is 2.00 bits per heavy atom. The molecule has 2 aliphatic rings. The molecule has 2 atom stereocenters. The van der Waals surface area contributed by atoms with Gasteiger partial charge in [-0.15, -0.1) is 0 Å². The van der Waals surface area contributed by atoms with Gasteiger partial charge in [0.2, 0.25) is 11.8 Å². The van der Waals surface area contributed by atoms with Crippen molar-refractivity contribution in [1.29, 1.82) is 0 Å². The normalized spacial score (nSPS) is 22.3. The Balaban J connectivity index is 1.59. The molecule has 0 radical (unpaired) electrons. The molecule has 1 aromatic carbocycles. The fourth-order valence-electron chi connectivity index (χ4n) is 3.12. The van der Waals surface area contributed by atoms with Gasteiger partial charge >= 0.3 is 0 Å². The summed E-state index contributed by atoms with van der Waals surface area (Å²) in [6.07, 6.45) is 3.37. The third-order valence-electron chi connectivity index (χ3n) is 4.84. The molecule has 124 valence electrons. The minimum absolute atomic E-state index is 0.0432. The number of benzene rings is 1. The monoisotopic (exact) mass is 315 g/mol. The first-order valence-electron chi connectivity index (χ1n) is 8.43. The molecule has 1 saturated carbocycles. The molecule has 0 bridgehead atoms. The molecular weight excluding hydrogens is 290 g/mol. The lowest BCUT2D eigenvalue weighted by Gasteiger charge is -2.25. The third kappa shape index (κ3) is 3.91. The number of likely N-dealkylation sites (tertiary alicyclic amines) is 1. The molecule has 1 heterocycles. The number of nitrogens with zero attached hydrogens (tertiary/aromatic N) is 1. The lowest BCUT2D eigenvalue weighted by atomic mass is 10.1. The Bertz CT molecular complexity index is 580. The van der Waals surface area contributed by atoms with Gasteiger partial charge in [-0.25, -0.2) is 0 Å². The van der Waals surface area contributed by atoms with Gasteiger partial charge in [0.1, 0.15) is 6.04 Å². The minimum atomic E-state index is -0.366. The molecule has 5 heteroatoms. The molecule has 2 amide bonds. The summed E-state index contributed by atoms with van der Waals surface area (Å²) in [7, 11) is 0. The molecule has 1 aromatic rings. The summed E-state index contributed by atoms with van der Waals surface area (Å²) >= 11 is 0. The van der Waals surface area contributed by atoms with Crippen LogP contribution in [0, 0.1) is 12.8 Å². The van der Waals surface area contributed by atoms with Crippen molar-refractivity contribution in [3.63, 3.8) is 0 Å². The topological polar surface area (TPSA) is 75.4 Å². The van der Waals surface area contributed by atoms with E-state index in [1.54, 1.807) is 4.90 Å². The molecule has 0 spiro atoms. The molecule has 23 heavy (non-hydrogen) atoms. The number of rotatable bonds is 6. The van der Waals surface area contributed by atoms with E-state index in [4.69, 9.17) is 5.73 Å². The average molecular weight is 315 g/mol. The van der Waals surface area contributed by atoms with Crippen molar-refractivity contribution in [2.75, 3.05) is 6.54 Å². The Hall–Kier alpha value is -1.88. The molecular formula is C18H25N3O2. The molecule has 1 aliphatic carbocycles. The molecule has 5 nitrogen and oxygen atoms in total. The first-order valence-corrected chi connectivity index (χ1v) is 8.43. The third-order valence-corrected chi connectivity index (χ3v) is 4.84. The van der Waals surface area contributed by atoms with E-state index in [2.05, 4.69) is 5.32 Å². The lowest BCUT2D eigenvalue weighted by molar-refractivity contribution is -0.135. The molecule has 3 rings (SSSR count). The van der Waals surface area contributed by atoms with Gasteiger partial charge in [0.05, 0.1) is 0 Å². The second-order valence-corrected chi connectivity index (χ2v) is 6.81. The van der Waals surface area contributed by atoms with E-state index in [1.165, 1.54) is 18.4 Å². The molecule has 1 saturated heterocycles. The van der Waals surface area contributed by atoms with Crippen LogP contribution in [-0.4, -0.2) is 35.3 Å². The van der Waals surface area contributed by atoms with Crippen LogP contribution in [0.25, 0.3) is 0 Å². The summed E-state index contributed by atoms with van der Waals surface area (Å²) in [5, 5.41) is 2.93. The zero-order chi connectivity index (χ0) is 16.4. The van der Waals surface area contributed by atoms with E-state index < -0.39 is 0 Å². The number of carbonyl (C=O) groups excluding carboxylic acids is 2. The number of hydrogen-bond acceptors (Lipinski definition) is 3. The van der Waals surface area contributed by atoms with Crippen LogP contribution in [0.1, 0.15) is 36.8 Å². The van der Waals surface area contributed by atoms with E-state index >= 15 is 0 Å². The Labute approximate surface area is 137 Å². The van der Waals surface area contributed by atoms with Crippen molar-refractivity contribution in [2.24, 2.45) is 11.7 Å². The molecule has 3 N–H and O–H groups in total. The number of amides is 2. The van der Waals surface area contributed by atoms with Gasteiger partial charge in [-0.1, -0.05) is 29.8 Å². The zero-order valence-electron chi connectivity index (χ0n) is 13.6. The number of aryl methyl sites for hydroxylation is 1. The first kappa shape index (κ1) is 16.0. The first-order chi connectivity index (χ1) is 11.0. The van der Waals surface area contributed by atoms with Crippen molar-refractivity contribution in [3.8, 4) is 0 Å². The summed E-state index contributed by atoms with van der Waals surface area (Å²) in [6.45, 7) is 3.03. The van der Waals surface area contributed by atoms with E-state index in [1.807, 2.05) is 31.2 Å². The van der Waals surface area contributed by atoms with Gasteiger partial charge in [0.15, 0.2) is 0 Å². The number of nitrogens with one attached hydrogen (secondary N) is 1. The van der Waals surface area contributed by atoms with Crippen LogP contribution in [-0.2, 0) is 16.1 Å². The van der Waals surface area contributed by atoms with Crippen LogP contribution in [0.4, 0.5) is 0 Å². The van der Waals surface area contributed by atoms with Crippen molar-refractivity contribution in [2.45, 2.75) is 51.2 Å². The maximum Gasteiger partial charge on any atom is 0.242 e. The highest BCUT2D eigenvalue weighted by atomic mass is 16.2. The van der Waals surface area contributed by atoms with Crippen LogP contribution in [0.3, 0.4) is 0 Å². The highest BCUT2D eigenvalue weighted by Crippen LogP contribution is 2.31. The van der Waals surface area contributed by atoms with Crippen molar-refractivity contribution in [3.05, 3.63) is 35.4 Å². The molecule has 2 unspecified atom stereocenters. The molecule has 0 aromatic heterocycles. The smallest absolute Gasteiger partial charge is 0.242 e. The second kappa shape index (κ2) is 6.71. The summed E-state index contributed by atoms with van der Waals surface area (Å²) in [5.74, 6) is 0.542. The summed E-state index contributed by atoms with van der Waals surface area (Å²) in [6, 6.07) is 7.76. The second-order valence-electron chi connectivity index (χ2n) is 6.81. The Kier molecular flexibility index (Phi) is 4.66. The fourth-order valence-corrected chi connectivity index (χ4v) is 3.12. The van der Waals surface area contributed by atoms with Gasteiger partial charge in [-0.2, -0.15) is 0 Å². The Morgan fingerprint density at radius 1 is 1.30 bits per heavy atom. The Morgan fingerprint density at radius 3 is 2.65 bits per heavy atom. The van der Waals surface area contributed by atoms with Gasteiger partial charge in [-0.05, 0) is 37.7 Å². The summed E-state index contributed by atoms with van der Waals surface area (Å²) in [5.41, 5.74) is 8.27. The van der Waals surface area contributed by atoms with Crippen LogP contribution >= 0.6 is 0 Å². The lowest BCUT2D eigenvalue weighted by Crippen LogP contribution is -2.47. The number of carbonyl (C=O) groups is 2. The van der Waals surface area contributed by atoms with Crippen LogP contribution in [0.15, 0.2) is 24.3 Å². The number of nitrogens with two attached hydrogens (primary N) is 1.